The number of ether oxygens (including phenoxy) is 1. The van der Waals surface area contributed by atoms with E-state index in [9.17, 15) is 8.42 Å². The number of nitrogens with one attached hydrogen (secondary N) is 1. The summed E-state index contributed by atoms with van der Waals surface area (Å²) >= 11 is 11.9. The zero-order chi connectivity index (χ0) is 19.4. The molecule has 0 aliphatic carbocycles. The van der Waals surface area contributed by atoms with E-state index in [1.54, 1.807) is 12.1 Å². The van der Waals surface area contributed by atoms with Gasteiger partial charge in [-0.05, 0) is 56.1 Å². The summed E-state index contributed by atoms with van der Waals surface area (Å²) in [6.45, 7) is 4.61. The number of piperidine rings is 1. The molecule has 1 atom stereocenters. The highest BCUT2D eigenvalue weighted by atomic mass is 35.5. The van der Waals surface area contributed by atoms with Gasteiger partial charge in [-0.15, -0.1) is 0 Å². The third-order valence-corrected chi connectivity index (χ3v) is 7.71. The van der Waals surface area contributed by atoms with Crippen LogP contribution in [0.2, 0.25) is 5.02 Å². The van der Waals surface area contributed by atoms with Gasteiger partial charge in [0.05, 0.1) is 28.8 Å². The van der Waals surface area contributed by atoms with Crippen molar-refractivity contribution in [1.29, 1.82) is 0 Å². The van der Waals surface area contributed by atoms with Crippen molar-refractivity contribution < 1.29 is 13.2 Å². The molecular formula is C18H26ClN3O3S2. The summed E-state index contributed by atoms with van der Waals surface area (Å²) in [5, 5.41) is 4.23. The highest BCUT2D eigenvalue weighted by Crippen LogP contribution is 2.29. The van der Waals surface area contributed by atoms with Crippen LogP contribution in [0.1, 0.15) is 32.6 Å². The van der Waals surface area contributed by atoms with Crippen molar-refractivity contribution in [3.8, 4) is 0 Å². The largest absolute Gasteiger partial charge is 0.379 e. The molecule has 2 aliphatic rings. The Morgan fingerprint density at radius 1 is 1.30 bits per heavy atom. The van der Waals surface area contributed by atoms with Crippen molar-refractivity contribution in [1.82, 2.24) is 9.21 Å². The maximum atomic E-state index is 12.9. The highest BCUT2D eigenvalue weighted by molar-refractivity contribution is 7.89. The molecule has 0 spiro atoms. The molecule has 1 aromatic rings. The van der Waals surface area contributed by atoms with Crippen LogP contribution in [0.15, 0.2) is 23.1 Å². The Hall–Kier alpha value is -0.930. The molecule has 2 saturated heterocycles. The van der Waals surface area contributed by atoms with Crippen LogP contribution in [0.3, 0.4) is 0 Å². The number of benzene rings is 1. The lowest BCUT2D eigenvalue weighted by atomic mass is 10.0. The van der Waals surface area contributed by atoms with Gasteiger partial charge in [0, 0.05) is 25.7 Å². The minimum absolute atomic E-state index is 0.213. The second-order valence-electron chi connectivity index (χ2n) is 6.84. The third kappa shape index (κ3) is 4.74. The zero-order valence-electron chi connectivity index (χ0n) is 15.5. The highest BCUT2D eigenvalue weighted by Gasteiger charge is 2.28. The van der Waals surface area contributed by atoms with Crippen molar-refractivity contribution >= 4 is 44.6 Å². The standard InChI is InChI=1S/C18H26ClN3O3S2/c1-2-14-5-3-4-8-22(14)18(26)20-17-13-15(6-7-16(17)19)27(23,24)21-9-11-25-12-10-21/h6-7,13-14H,2-5,8-12H2,1H3,(H,20,26). The minimum atomic E-state index is -3.58. The Morgan fingerprint density at radius 2 is 2.04 bits per heavy atom. The zero-order valence-corrected chi connectivity index (χ0v) is 17.9. The van der Waals surface area contributed by atoms with E-state index in [1.807, 2.05) is 0 Å². The Labute approximate surface area is 171 Å². The maximum Gasteiger partial charge on any atom is 0.243 e. The molecule has 2 heterocycles. The van der Waals surface area contributed by atoms with Crippen LogP contribution >= 0.6 is 23.8 Å². The lowest BCUT2D eigenvalue weighted by molar-refractivity contribution is 0.0730. The molecule has 0 radical (unpaired) electrons. The number of likely N-dealkylation sites (tertiary alicyclic amines) is 1. The summed E-state index contributed by atoms with van der Waals surface area (Å²) < 4.78 is 32.5. The Kier molecular flexibility index (Phi) is 6.97. The number of hydrogen-bond acceptors (Lipinski definition) is 4. The van der Waals surface area contributed by atoms with Gasteiger partial charge >= 0.3 is 0 Å². The Balaban J connectivity index is 1.80. The van der Waals surface area contributed by atoms with Gasteiger partial charge in [-0.2, -0.15) is 4.31 Å². The van der Waals surface area contributed by atoms with Crippen LogP contribution in [0.4, 0.5) is 5.69 Å². The Morgan fingerprint density at radius 3 is 2.74 bits per heavy atom. The van der Waals surface area contributed by atoms with Crippen LogP contribution < -0.4 is 5.32 Å². The molecule has 2 fully saturated rings. The molecule has 150 valence electrons. The quantitative estimate of drug-likeness (QED) is 0.738. The van der Waals surface area contributed by atoms with Crippen LogP contribution in [-0.2, 0) is 14.8 Å². The fourth-order valence-electron chi connectivity index (χ4n) is 3.58. The lowest BCUT2D eigenvalue weighted by Gasteiger charge is -2.37. The van der Waals surface area contributed by atoms with Crippen molar-refractivity contribution in [2.24, 2.45) is 0 Å². The van der Waals surface area contributed by atoms with Gasteiger partial charge in [0.25, 0.3) is 0 Å². The minimum Gasteiger partial charge on any atom is -0.379 e. The Bertz CT molecular complexity index is 782. The second-order valence-corrected chi connectivity index (χ2v) is 9.57. The predicted molar refractivity (Wildman–Crippen MR) is 112 cm³/mol. The van der Waals surface area contributed by atoms with Gasteiger partial charge in [-0.1, -0.05) is 18.5 Å². The van der Waals surface area contributed by atoms with Crippen molar-refractivity contribution in [3.63, 3.8) is 0 Å². The SMILES string of the molecule is CCC1CCCCN1C(=S)Nc1cc(S(=O)(=O)N2CCOCC2)ccc1Cl. The summed E-state index contributed by atoms with van der Waals surface area (Å²) in [4.78, 5) is 2.41. The number of hydrogen-bond donors (Lipinski definition) is 1. The van der Waals surface area contributed by atoms with E-state index in [1.165, 1.54) is 16.8 Å². The van der Waals surface area contributed by atoms with Crippen LogP contribution in [0.5, 0.6) is 0 Å². The van der Waals surface area contributed by atoms with Gasteiger partial charge in [0.15, 0.2) is 5.11 Å². The number of nitrogens with zero attached hydrogens (tertiary/aromatic N) is 2. The van der Waals surface area contributed by atoms with Gasteiger partial charge in [0.1, 0.15) is 0 Å². The van der Waals surface area contributed by atoms with Gasteiger partial charge in [-0.3, -0.25) is 0 Å². The van der Waals surface area contributed by atoms with Crippen LogP contribution in [0, 0.1) is 0 Å². The number of thiocarbonyl (C=S) groups is 1. The summed E-state index contributed by atoms with van der Waals surface area (Å²) in [6, 6.07) is 5.13. The van der Waals surface area contributed by atoms with Gasteiger partial charge in [0.2, 0.25) is 10.0 Å². The molecule has 0 amide bonds. The maximum absolute atomic E-state index is 12.9. The predicted octanol–water partition coefficient (Wildman–Crippen LogP) is 3.32. The van der Waals surface area contributed by atoms with E-state index >= 15 is 0 Å². The van der Waals surface area contributed by atoms with Crippen molar-refractivity contribution in [2.45, 2.75) is 43.5 Å². The van der Waals surface area contributed by atoms with E-state index in [4.69, 9.17) is 28.6 Å². The van der Waals surface area contributed by atoms with Crippen molar-refractivity contribution in [3.05, 3.63) is 23.2 Å². The molecule has 9 heteroatoms. The first-order valence-corrected chi connectivity index (χ1v) is 11.6. The number of sulfonamides is 1. The van der Waals surface area contributed by atoms with Crippen molar-refractivity contribution in [2.75, 3.05) is 38.2 Å². The third-order valence-electron chi connectivity index (χ3n) is 5.15. The van der Waals surface area contributed by atoms with Crippen LogP contribution in [-0.4, -0.2) is 61.6 Å². The van der Waals surface area contributed by atoms with E-state index in [-0.39, 0.29) is 4.90 Å². The first-order chi connectivity index (χ1) is 12.9. The molecule has 27 heavy (non-hydrogen) atoms. The van der Waals surface area contributed by atoms with E-state index in [0.717, 1.165) is 25.8 Å². The molecule has 2 aliphatic heterocycles. The van der Waals surface area contributed by atoms with Gasteiger partial charge in [-0.25, -0.2) is 8.42 Å². The first kappa shape index (κ1) is 20.8. The fourth-order valence-corrected chi connectivity index (χ4v) is 5.53. The molecule has 0 bridgehead atoms. The number of rotatable bonds is 4. The van der Waals surface area contributed by atoms with Gasteiger partial charge < -0.3 is 15.0 Å². The average molecular weight is 432 g/mol. The number of anilines is 1. The lowest BCUT2D eigenvalue weighted by Crippen LogP contribution is -2.45. The monoisotopic (exact) mass is 431 g/mol. The second kappa shape index (κ2) is 9.05. The first-order valence-electron chi connectivity index (χ1n) is 9.38. The summed E-state index contributed by atoms with van der Waals surface area (Å²) in [7, 11) is -3.58. The summed E-state index contributed by atoms with van der Waals surface area (Å²) in [5.74, 6) is 0. The summed E-state index contributed by atoms with van der Waals surface area (Å²) in [6.07, 6.45) is 4.47. The van der Waals surface area contributed by atoms with E-state index < -0.39 is 10.0 Å². The molecule has 6 nitrogen and oxygen atoms in total. The topological polar surface area (TPSA) is 61.9 Å². The molecular weight excluding hydrogens is 406 g/mol. The molecule has 0 aromatic heterocycles. The number of halogens is 1. The molecule has 1 N–H and O–H groups in total. The molecule has 3 rings (SSSR count). The molecule has 0 saturated carbocycles. The molecule has 1 aromatic carbocycles. The van der Waals surface area contributed by atoms with E-state index in [0.29, 0.717) is 48.2 Å². The molecule has 1 unspecified atom stereocenters. The summed E-state index contributed by atoms with van der Waals surface area (Å²) in [5.41, 5.74) is 0.524. The average Bonchev–Trinajstić information content (AvgIpc) is 2.70. The normalized spacial score (nSPS) is 21.9. The van der Waals surface area contributed by atoms with Crippen LogP contribution in [0.25, 0.3) is 0 Å². The smallest absolute Gasteiger partial charge is 0.243 e. The number of morpholine rings is 1. The fraction of sp³-hybridized carbons (Fsp3) is 0.611. The van der Waals surface area contributed by atoms with E-state index in [2.05, 4.69) is 17.1 Å².